The number of carbonyl (C=O) groups excluding carboxylic acids is 1. The Bertz CT molecular complexity index is 1010. The van der Waals surface area contributed by atoms with Gasteiger partial charge in [-0.3, -0.25) is 9.79 Å². The Morgan fingerprint density at radius 2 is 2.21 bits per heavy atom. The number of amides is 1. The number of aliphatic hydroxyl groups is 1. The van der Waals surface area contributed by atoms with E-state index in [1.54, 1.807) is 48.6 Å². The molecule has 1 amide bonds. The molecule has 33 heavy (non-hydrogen) atoms. The molecule has 1 aliphatic heterocycles. The van der Waals surface area contributed by atoms with Crippen molar-refractivity contribution < 1.29 is 14.6 Å². The Morgan fingerprint density at radius 3 is 2.88 bits per heavy atom. The van der Waals surface area contributed by atoms with Crippen LogP contribution >= 0.6 is 11.6 Å². The summed E-state index contributed by atoms with van der Waals surface area (Å²) in [5.41, 5.74) is 1.60. The van der Waals surface area contributed by atoms with Crippen molar-refractivity contribution in [3.05, 3.63) is 58.5 Å². The lowest BCUT2D eigenvalue weighted by molar-refractivity contribution is -0.118. The number of rotatable bonds is 9. The van der Waals surface area contributed by atoms with E-state index in [0.29, 0.717) is 35.6 Å². The maximum Gasteiger partial charge on any atom is 0.271 e. The molecular formula is C23H29ClN6O3. The smallest absolute Gasteiger partial charge is 0.271 e. The fourth-order valence-electron chi connectivity index (χ4n) is 3.49. The highest BCUT2D eigenvalue weighted by molar-refractivity contribution is 6.30. The molecule has 9 nitrogen and oxygen atoms in total. The van der Waals surface area contributed by atoms with Gasteiger partial charge in [0, 0.05) is 49.3 Å². The summed E-state index contributed by atoms with van der Waals surface area (Å²) in [6, 6.07) is 6.57. The SMILES string of the molecule is C=N/C(=C\N(C)c1nc(NC2CCOCC2)ncc1C)C(=O)N[C@H](CO)c1cccc(Cl)c1. The molecule has 1 aromatic heterocycles. The van der Waals surface area contributed by atoms with Crippen molar-refractivity contribution >= 4 is 36.0 Å². The summed E-state index contributed by atoms with van der Waals surface area (Å²) >= 11 is 6.03. The highest BCUT2D eigenvalue weighted by Crippen LogP contribution is 2.21. The number of aliphatic hydroxyl groups excluding tert-OH is 1. The van der Waals surface area contributed by atoms with Gasteiger partial charge in [-0.05, 0) is 44.2 Å². The van der Waals surface area contributed by atoms with Gasteiger partial charge in [-0.1, -0.05) is 23.7 Å². The maximum absolute atomic E-state index is 12.8. The third kappa shape index (κ3) is 6.74. The van der Waals surface area contributed by atoms with Gasteiger partial charge in [0.1, 0.15) is 11.5 Å². The summed E-state index contributed by atoms with van der Waals surface area (Å²) < 4.78 is 5.39. The van der Waals surface area contributed by atoms with Crippen LogP contribution in [0.15, 0.2) is 47.4 Å². The lowest BCUT2D eigenvalue weighted by atomic mass is 10.1. The van der Waals surface area contributed by atoms with Gasteiger partial charge >= 0.3 is 0 Å². The Balaban J connectivity index is 1.74. The zero-order valence-electron chi connectivity index (χ0n) is 18.8. The summed E-state index contributed by atoms with van der Waals surface area (Å²) in [6.45, 7) is 6.55. The quantitative estimate of drug-likeness (QED) is 0.380. The van der Waals surface area contributed by atoms with E-state index in [1.165, 1.54) is 0 Å². The molecule has 0 spiro atoms. The van der Waals surface area contributed by atoms with Crippen LogP contribution in [-0.2, 0) is 9.53 Å². The highest BCUT2D eigenvalue weighted by Gasteiger charge is 2.19. The number of halogens is 1. The largest absolute Gasteiger partial charge is 0.394 e. The molecule has 0 aliphatic carbocycles. The van der Waals surface area contributed by atoms with E-state index in [9.17, 15) is 9.90 Å². The Hall–Kier alpha value is -3.01. The van der Waals surface area contributed by atoms with Crippen LogP contribution in [-0.4, -0.2) is 60.6 Å². The van der Waals surface area contributed by atoms with Crippen molar-refractivity contribution in [1.82, 2.24) is 15.3 Å². The van der Waals surface area contributed by atoms with Gasteiger partial charge in [-0.25, -0.2) is 4.98 Å². The molecule has 1 aliphatic rings. The Kier molecular flexibility index (Phi) is 8.76. The van der Waals surface area contributed by atoms with Crippen molar-refractivity contribution in [1.29, 1.82) is 0 Å². The van der Waals surface area contributed by atoms with E-state index < -0.39 is 11.9 Å². The number of benzene rings is 1. The van der Waals surface area contributed by atoms with Crippen LogP contribution < -0.4 is 15.5 Å². The van der Waals surface area contributed by atoms with E-state index >= 15 is 0 Å². The molecule has 1 atom stereocenters. The minimum Gasteiger partial charge on any atom is -0.394 e. The lowest BCUT2D eigenvalue weighted by Gasteiger charge is -2.24. The molecule has 0 radical (unpaired) electrons. The predicted octanol–water partition coefficient (Wildman–Crippen LogP) is 2.86. The van der Waals surface area contributed by atoms with Crippen molar-refractivity contribution in [2.75, 3.05) is 37.1 Å². The predicted molar refractivity (Wildman–Crippen MR) is 130 cm³/mol. The van der Waals surface area contributed by atoms with Crippen molar-refractivity contribution in [3.63, 3.8) is 0 Å². The number of nitrogens with zero attached hydrogens (tertiary/aromatic N) is 4. The van der Waals surface area contributed by atoms with Gasteiger partial charge < -0.3 is 25.4 Å². The maximum atomic E-state index is 12.8. The lowest BCUT2D eigenvalue weighted by Crippen LogP contribution is -2.32. The van der Waals surface area contributed by atoms with Gasteiger partial charge in [0.15, 0.2) is 0 Å². The van der Waals surface area contributed by atoms with Crippen LogP contribution in [0.2, 0.25) is 5.02 Å². The first kappa shape index (κ1) is 24.6. The highest BCUT2D eigenvalue weighted by atomic mass is 35.5. The van der Waals surface area contributed by atoms with E-state index in [4.69, 9.17) is 16.3 Å². The van der Waals surface area contributed by atoms with Gasteiger partial charge in [-0.15, -0.1) is 0 Å². The molecular weight excluding hydrogens is 444 g/mol. The molecule has 1 saturated heterocycles. The molecule has 1 fully saturated rings. The monoisotopic (exact) mass is 472 g/mol. The molecule has 176 valence electrons. The number of nitrogens with one attached hydrogen (secondary N) is 2. The van der Waals surface area contributed by atoms with Crippen LogP contribution in [0, 0.1) is 6.92 Å². The molecule has 10 heteroatoms. The number of aromatic nitrogens is 2. The number of ether oxygens (including phenoxy) is 1. The Labute approximate surface area is 198 Å². The second-order valence-electron chi connectivity index (χ2n) is 7.78. The number of aliphatic imine (C=N–C) groups is 1. The average molecular weight is 473 g/mol. The molecule has 3 N–H and O–H groups in total. The normalized spacial score (nSPS) is 15.6. The summed E-state index contributed by atoms with van der Waals surface area (Å²) in [6.07, 6.45) is 5.07. The summed E-state index contributed by atoms with van der Waals surface area (Å²) in [5, 5.41) is 16.4. The summed E-state index contributed by atoms with van der Waals surface area (Å²) in [5.74, 6) is 0.659. The van der Waals surface area contributed by atoms with Crippen LogP contribution in [0.5, 0.6) is 0 Å². The topological polar surface area (TPSA) is 112 Å². The van der Waals surface area contributed by atoms with Crippen LogP contribution in [0.25, 0.3) is 0 Å². The molecule has 0 saturated carbocycles. The molecule has 0 unspecified atom stereocenters. The molecule has 1 aromatic carbocycles. The minimum absolute atomic E-state index is 0.0786. The van der Waals surface area contributed by atoms with Crippen molar-refractivity contribution in [2.24, 2.45) is 4.99 Å². The van der Waals surface area contributed by atoms with E-state index in [2.05, 4.69) is 32.3 Å². The van der Waals surface area contributed by atoms with Crippen LogP contribution in [0.4, 0.5) is 11.8 Å². The van der Waals surface area contributed by atoms with Gasteiger partial charge in [-0.2, -0.15) is 4.98 Å². The fourth-order valence-corrected chi connectivity index (χ4v) is 3.69. The first-order chi connectivity index (χ1) is 15.9. The van der Waals surface area contributed by atoms with E-state index in [0.717, 1.165) is 18.4 Å². The van der Waals surface area contributed by atoms with Crippen LogP contribution in [0.1, 0.15) is 30.0 Å². The van der Waals surface area contributed by atoms with Gasteiger partial charge in [0.25, 0.3) is 5.91 Å². The summed E-state index contributed by atoms with van der Waals surface area (Å²) in [4.78, 5) is 27.4. The van der Waals surface area contributed by atoms with Gasteiger partial charge in [0.05, 0.1) is 12.6 Å². The van der Waals surface area contributed by atoms with E-state index in [1.807, 2.05) is 6.92 Å². The molecule has 3 rings (SSSR count). The zero-order chi connectivity index (χ0) is 23.8. The second kappa shape index (κ2) is 11.7. The van der Waals surface area contributed by atoms with Crippen molar-refractivity contribution in [2.45, 2.75) is 31.8 Å². The van der Waals surface area contributed by atoms with Crippen molar-refractivity contribution in [3.8, 4) is 0 Å². The molecule has 2 heterocycles. The standard InChI is InChI=1S/C23H29ClN6O3/c1-15-12-26-23(27-18-7-9-33-10-8-18)29-21(15)30(3)13-19(25-2)22(32)28-20(14-31)16-5-4-6-17(24)11-16/h4-6,11-13,18,20,31H,2,7-10,14H2,1,3H3,(H,28,32)(H,26,27,29)/b19-13-/t20-/m1/s1. The minimum atomic E-state index is -0.636. The number of hydrogen-bond donors (Lipinski definition) is 3. The van der Waals surface area contributed by atoms with E-state index in [-0.39, 0.29) is 18.3 Å². The second-order valence-corrected chi connectivity index (χ2v) is 8.21. The number of anilines is 2. The fraction of sp³-hybridized carbons (Fsp3) is 0.391. The first-order valence-corrected chi connectivity index (χ1v) is 11.1. The zero-order valence-corrected chi connectivity index (χ0v) is 19.5. The number of hydrogen-bond acceptors (Lipinski definition) is 8. The molecule has 2 aromatic rings. The molecule has 0 bridgehead atoms. The first-order valence-electron chi connectivity index (χ1n) is 10.7. The summed E-state index contributed by atoms with van der Waals surface area (Å²) in [7, 11) is 1.77. The Morgan fingerprint density at radius 1 is 1.45 bits per heavy atom. The average Bonchev–Trinajstić information content (AvgIpc) is 2.82. The third-order valence-electron chi connectivity index (χ3n) is 5.29. The van der Waals surface area contributed by atoms with Crippen LogP contribution in [0.3, 0.4) is 0 Å². The number of aryl methyl sites for hydroxylation is 1. The third-order valence-corrected chi connectivity index (χ3v) is 5.53. The number of carbonyl (C=O) groups is 1. The van der Waals surface area contributed by atoms with Gasteiger partial charge in [0.2, 0.25) is 5.95 Å².